The van der Waals surface area contributed by atoms with E-state index in [0.717, 1.165) is 80.7 Å². The number of aromatic hydroxyl groups is 1. The molecule has 3 heterocycles. The molecular formula is C82H140N11O27+. The first-order valence-electron chi connectivity index (χ1n) is 42.1. The molecule has 120 heavy (non-hydrogen) atoms. The van der Waals surface area contributed by atoms with Gasteiger partial charge in [-0.1, -0.05) is 96.1 Å². The number of likely N-dealkylation sites (N-methyl/N-ethyl adjacent to an activating group) is 1. The average Bonchev–Trinajstić information content (AvgIpc) is 1.65. The summed E-state index contributed by atoms with van der Waals surface area (Å²) in [7, 11) is 5.42. The molecule has 3 aliphatic rings. The molecule has 16 atom stereocenters. The maximum atomic E-state index is 14.7. The number of nitrogens with zero attached hydrogens (tertiary/aromatic N) is 3. The van der Waals surface area contributed by atoms with Crippen LogP contribution in [0, 0.1) is 5.92 Å². The average molecular weight is 1710 g/mol. The Morgan fingerprint density at radius 2 is 1.03 bits per heavy atom. The van der Waals surface area contributed by atoms with Crippen LogP contribution in [0.4, 0.5) is 0 Å². The summed E-state index contributed by atoms with van der Waals surface area (Å²) in [6.07, 6.45) is -0.494. The van der Waals surface area contributed by atoms with E-state index in [2.05, 4.69) is 42.5 Å². The normalized spacial score (nSPS) is 23.1. The Balaban J connectivity index is 1.26. The third kappa shape index (κ3) is 40.0. The first kappa shape index (κ1) is 104. The Hall–Kier alpha value is -7.86. The van der Waals surface area contributed by atoms with E-state index in [0.29, 0.717) is 17.3 Å². The minimum atomic E-state index is -2.32. The zero-order chi connectivity index (χ0) is 89.5. The lowest BCUT2D eigenvalue weighted by molar-refractivity contribution is -0.870. The number of quaternary nitrogens is 1. The second-order valence-corrected chi connectivity index (χ2v) is 34.3. The van der Waals surface area contributed by atoms with Crippen molar-refractivity contribution in [2.75, 3.05) is 113 Å². The highest BCUT2D eigenvalue weighted by atomic mass is 16.6. The summed E-state index contributed by atoms with van der Waals surface area (Å²) in [6, 6.07) is -8.10. The summed E-state index contributed by atoms with van der Waals surface area (Å²) in [6.45, 7) is 12.5. The van der Waals surface area contributed by atoms with Gasteiger partial charge in [0.25, 0.3) is 0 Å². The molecule has 3 saturated heterocycles. The first-order chi connectivity index (χ1) is 56.5. The van der Waals surface area contributed by atoms with Crippen molar-refractivity contribution in [3.8, 4) is 5.75 Å². The number of nitrogens with one attached hydrogen (secondary N) is 8. The van der Waals surface area contributed by atoms with Crippen molar-refractivity contribution in [2.24, 2.45) is 5.92 Å². The van der Waals surface area contributed by atoms with Crippen molar-refractivity contribution in [2.45, 2.75) is 293 Å². The Kier molecular flexibility index (Phi) is 46.4. The molecule has 684 valence electrons. The predicted octanol–water partition coefficient (Wildman–Crippen LogP) is -0.925. The molecule has 1 aromatic carbocycles. The van der Waals surface area contributed by atoms with Crippen LogP contribution >= 0.6 is 0 Å². The molecule has 0 aromatic heterocycles. The topological polar surface area (TPSA) is 534 Å². The summed E-state index contributed by atoms with van der Waals surface area (Å²) in [5.41, 5.74) is -1.34. The number of fused-ring (bicyclic) bond motifs is 2. The summed E-state index contributed by atoms with van der Waals surface area (Å²) in [5.74, 6) is -11.4. The zero-order valence-electron chi connectivity index (χ0n) is 72.3. The molecule has 1 aromatic rings. The van der Waals surface area contributed by atoms with Gasteiger partial charge in [0.15, 0.2) is 6.23 Å². The van der Waals surface area contributed by atoms with Crippen LogP contribution in [0.1, 0.15) is 202 Å². The molecular weight excluding hydrogens is 1570 g/mol. The minimum Gasteiger partial charge on any atom is -0.508 e. The number of hydrogen-bond donors (Lipinski definition) is 16. The fourth-order valence-electron chi connectivity index (χ4n) is 13.5. The molecule has 10 amide bonds. The van der Waals surface area contributed by atoms with Gasteiger partial charge >= 0.3 is 11.9 Å². The molecule has 16 N–H and O–H groups in total. The molecule has 38 nitrogen and oxygen atoms in total. The number of carbonyl (C=O) groups excluding carboxylic acids is 12. The van der Waals surface area contributed by atoms with E-state index in [4.69, 9.17) is 33.2 Å². The van der Waals surface area contributed by atoms with Crippen molar-refractivity contribution >= 4 is 71.0 Å². The second-order valence-electron chi connectivity index (χ2n) is 34.3. The van der Waals surface area contributed by atoms with Gasteiger partial charge in [-0.25, -0.2) is 4.79 Å². The van der Waals surface area contributed by atoms with Gasteiger partial charge in [0.1, 0.15) is 97.3 Å². The SMILES string of the molecule is C[C@@H](O)[C@@H]1NC(=O)[C@H]([C@H](O)[C@@H](O)c2ccc(O)cc2)NC(=O)[C@@H]2C[C@@H](O)CN2C(=O)[C@H]([C@@H](C)O)NC(=O)[C@@H](NC(=O)COCCOCCNC(=O)COCCOCCNC(=O)CC[C@H](NC(=O)CCCCCCCCCCCCCCCCC(=O)OC(C)(C)C)C(=O)OC(C)(C)C)C[C@@H](O)[C@@H](OCC[N+](C)(C)C)NC(=O)[C@@H]2[C@@H](O)[C@@H](C)CN2C1=O. The number of esters is 2. The van der Waals surface area contributed by atoms with Gasteiger partial charge in [-0.05, 0) is 92.3 Å². The number of aliphatic hydroxyl groups is 7. The fraction of sp³-hybridized carbons (Fsp3) is 0.780. The van der Waals surface area contributed by atoms with Gasteiger partial charge in [-0.3, -0.25) is 52.7 Å². The highest BCUT2D eigenvalue weighted by Crippen LogP contribution is 2.29. The summed E-state index contributed by atoms with van der Waals surface area (Å²) in [4.78, 5) is 166. The number of amides is 10. The van der Waals surface area contributed by atoms with E-state index in [-0.39, 0.29) is 127 Å². The second kappa shape index (κ2) is 53.2. The highest BCUT2D eigenvalue weighted by Gasteiger charge is 2.51. The van der Waals surface area contributed by atoms with Crippen LogP contribution in [0.3, 0.4) is 0 Å². The maximum Gasteiger partial charge on any atom is 0.329 e. The van der Waals surface area contributed by atoms with E-state index >= 15 is 0 Å². The van der Waals surface area contributed by atoms with Crippen molar-refractivity contribution in [3.63, 3.8) is 0 Å². The summed E-state index contributed by atoms with van der Waals surface area (Å²) in [5, 5.41) is 110. The first-order valence-corrected chi connectivity index (χ1v) is 42.1. The number of benzene rings is 1. The van der Waals surface area contributed by atoms with Crippen LogP contribution in [0.15, 0.2) is 24.3 Å². The lowest BCUT2D eigenvalue weighted by Crippen LogP contribution is -2.64. The molecule has 0 radical (unpaired) electrons. The third-order valence-electron chi connectivity index (χ3n) is 20.0. The predicted molar refractivity (Wildman–Crippen MR) is 434 cm³/mol. The molecule has 0 spiro atoms. The Morgan fingerprint density at radius 1 is 0.542 bits per heavy atom. The summed E-state index contributed by atoms with van der Waals surface area (Å²) < 4.78 is 39.2. The minimum absolute atomic E-state index is 0.0125. The molecule has 3 aliphatic heterocycles. The van der Waals surface area contributed by atoms with Gasteiger partial charge < -0.3 is 131 Å². The molecule has 0 bridgehead atoms. The van der Waals surface area contributed by atoms with Crippen LogP contribution in [-0.4, -0.2) is 336 Å². The Bertz CT molecular complexity index is 3350. The summed E-state index contributed by atoms with van der Waals surface area (Å²) >= 11 is 0. The monoisotopic (exact) mass is 1710 g/mol. The standard InChI is InChI=1S/C82H139N11O27/c1-51-47-92-69(70(51)104)76(110)90-77(118-40-37-93(10,11)12)60(98)46-58(73(107)87-66(52(2)94)78(111)91-48-56(97)45-59(91)74(108)89-68(75(109)88-67(53(3)95)79(92)112)72(106)71(105)54-29-31-55(96)32-30-54)86-64(102)50-117-44-42-115-39-36-84-63(101)49-116-43-41-114-38-35-83-61(99)34-33-57(80(113)120-82(7,8)9)85-62(100)27-25-23-21-19-17-15-13-14-16-18-20-22-24-26-28-65(103)119-81(4,5)6/h29-32,51-53,56-60,66-72,77,94-95,97-98,104-106H,13-28,33-50H2,1-12H3,(H8-,83,84,85,86,87,88,89,90,96,99,100,101,102,107,108,109,110)/p+1/t51-,52+,53+,56+,57-,58-,59-,60+,66-,67-,68-,69-,70-,71-,72-,77+/m0/s1. The smallest absolute Gasteiger partial charge is 0.329 e. The van der Waals surface area contributed by atoms with Crippen LogP contribution in [0.25, 0.3) is 0 Å². The zero-order valence-corrected chi connectivity index (χ0v) is 72.3. The van der Waals surface area contributed by atoms with E-state index in [9.17, 15) is 98.4 Å². The number of hydrogen-bond acceptors (Lipinski definition) is 27. The van der Waals surface area contributed by atoms with E-state index in [1.54, 1.807) is 41.9 Å². The van der Waals surface area contributed by atoms with E-state index in [1.807, 2.05) is 20.8 Å². The van der Waals surface area contributed by atoms with E-state index in [1.165, 1.54) is 57.6 Å². The quantitative estimate of drug-likeness (QED) is 0.0213. The number of carbonyl (C=O) groups is 12. The van der Waals surface area contributed by atoms with Gasteiger partial charge in [-0.15, -0.1) is 0 Å². The van der Waals surface area contributed by atoms with Crippen molar-refractivity contribution in [1.29, 1.82) is 0 Å². The lowest BCUT2D eigenvalue weighted by atomic mass is 9.96. The molecule has 0 saturated carbocycles. The van der Waals surface area contributed by atoms with Gasteiger partial charge in [0.2, 0.25) is 59.1 Å². The van der Waals surface area contributed by atoms with Gasteiger partial charge in [0, 0.05) is 64.2 Å². The Morgan fingerprint density at radius 3 is 1.57 bits per heavy atom. The van der Waals surface area contributed by atoms with Crippen LogP contribution in [-0.2, 0) is 90.7 Å². The third-order valence-corrected chi connectivity index (χ3v) is 20.0. The Labute approximate surface area is 704 Å². The highest BCUT2D eigenvalue weighted by molar-refractivity contribution is 5.98. The number of aliphatic hydroxyl groups excluding tert-OH is 7. The molecule has 0 aliphatic carbocycles. The van der Waals surface area contributed by atoms with Gasteiger partial charge in [-0.2, -0.15) is 0 Å². The maximum absolute atomic E-state index is 14.7. The molecule has 3 fully saturated rings. The van der Waals surface area contributed by atoms with Crippen molar-refractivity contribution < 1.29 is 136 Å². The molecule has 4 rings (SSSR count). The molecule has 38 heteroatoms. The number of rotatable bonds is 48. The lowest BCUT2D eigenvalue weighted by Gasteiger charge is -2.34. The fourth-order valence-corrected chi connectivity index (χ4v) is 13.5. The van der Waals surface area contributed by atoms with Crippen molar-refractivity contribution in [3.05, 3.63) is 29.8 Å². The van der Waals surface area contributed by atoms with E-state index < -0.39 is 188 Å². The van der Waals surface area contributed by atoms with Gasteiger partial charge in [0.05, 0.1) is 91.8 Å². The van der Waals surface area contributed by atoms with Crippen LogP contribution < -0.4 is 42.5 Å². The molecule has 0 unspecified atom stereocenters. The number of ether oxygens (including phenoxy) is 7. The van der Waals surface area contributed by atoms with Crippen molar-refractivity contribution in [1.82, 2.24) is 52.3 Å². The largest absolute Gasteiger partial charge is 0.508 e. The number of phenolic OH excluding ortho intramolecular Hbond substituents is 1. The van der Waals surface area contributed by atoms with Crippen LogP contribution in [0.2, 0.25) is 0 Å². The number of phenols is 1. The number of unbranched alkanes of at least 4 members (excludes halogenated alkanes) is 13. The van der Waals surface area contributed by atoms with Crippen LogP contribution in [0.5, 0.6) is 5.75 Å².